The van der Waals surface area contributed by atoms with Crippen molar-refractivity contribution < 1.29 is 4.79 Å². The average molecular weight is 411 g/mol. The van der Waals surface area contributed by atoms with Gasteiger partial charge in [-0.05, 0) is 13.8 Å². The third-order valence-electron chi connectivity index (χ3n) is 2.61. The Labute approximate surface area is 141 Å². The summed E-state index contributed by atoms with van der Waals surface area (Å²) in [5, 5.41) is 7.11. The van der Waals surface area contributed by atoms with E-state index in [1.54, 1.807) is 32.5 Å². The number of hydrogen-bond acceptors (Lipinski definition) is 4. The number of aromatic nitrogens is 1. The Morgan fingerprint density at radius 1 is 1.35 bits per heavy atom. The molecule has 1 heterocycles. The number of likely N-dealkylation sites (N-methyl/N-ethyl adjacent to an activating group) is 1. The van der Waals surface area contributed by atoms with E-state index in [2.05, 4.69) is 27.5 Å². The van der Waals surface area contributed by atoms with Crippen LogP contribution in [-0.4, -0.2) is 49.4 Å². The lowest BCUT2D eigenvalue weighted by atomic mass is 10.4. The van der Waals surface area contributed by atoms with Crippen molar-refractivity contribution in [2.24, 2.45) is 4.99 Å². The van der Waals surface area contributed by atoms with Gasteiger partial charge in [0.1, 0.15) is 5.01 Å². The van der Waals surface area contributed by atoms with Gasteiger partial charge in [-0.1, -0.05) is 0 Å². The first-order chi connectivity index (χ1) is 8.93. The predicted octanol–water partition coefficient (Wildman–Crippen LogP) is 1.13. The summed E-state index contributed by atoms with van der Waals surface area (Å²) in [6, 6.07) is 0. The molecule has 0 aromatic carbocycles. The molecule has 1 rings (SSSR count). The second kappa shape index (κ2) is 9.11. The van der Waals surface area contributed by atoms with Crippen LogP contribution in [0.2, 0.25) is 0 Å². The Balaban J connectivity index is 0.00000361. The number of aryl methyl sites for hydroxylation is 2. The van der Waals surface area contributed by atoms with Crippen molar-refractivity contribution in [1.29, 1.82) is 0 Å². The number of guanidine groups is 1. The highest BCUT2D eigenvalue weighted by Crippen LogP contribution is 2.15. The summed E-state index contributed by atoms with van der Waals surface area (Å²) < 4.78 is 0. The minimum Gasteiger partial charge on any atom is -0.350 e. The molecule has 0 spiro atoms. The molecule has 0 atom stereocenters. The van der Waals surface area contributed by atoms with Gasteiger partial charge in [0, 0.05) is 26.0 Å². The Kier molecular flexibility index (Phi) is 8.70. The molecule has 20 heavy (non-hydrogen) atoms. The van der Waals surface area contributed by atoms with Crippen LogP contribution < -0.4 is 10.6 Å². The van der Waals surface area contributed by atoms with E-state index in [-0.39, 0.29) is 36.4 Å². The molecule has 8 heteroatoms. The maximum Gasteiger partial charge on any atom is 0.241 e. The van der Waals surface area contributed by atoms with Crippen LogP contribution >= 0.6 is 35.3 Å². The van der Waals surface area contributed by atoms with Gasteiger partial charge in [-0.25, -0.2) is 4.98 Å². The molecule has 6 nitrogen and oxygen atoms in total. The molecule has 1 amide bonds. The number of carbonyl (C=O) groups is 1. The molecule has 1 aromatic heterocycles. The van der Waals surface area contributed by atoms with E-state index in [1.165, 1.54) is 9.78 Å². The molecule has 0 aliphatic carbocycles. The number of aliphatic imine (C=N–C) groups is 1. The summed E-state index contributed by atoms with van der Waals surface area (Å²) in [6.07, 6.45) is 0. The highest BCUT2D eigenvalue weighted by molar-refractivity contribution is 14.0. The highest BCUT2D eigenvalue weighted by atomic mass is 127. The summed E-state index contributed by atoms with van der Waals surface area (Å²) >= 11 is 1.66. The summed E-state index contributed by atoms with van der Waals surface area (Å²) in [6.45, 7) is 4.88. The molecule has 0 saturated heterocycles. The zero-order valence-electron chi connectivity index (χ0n) is 12.5. The Morgan fingerprint density at radius 3 is 2.45 bits per heavy atom. The molecular weight excluding hydrogens is 389 g/mol. The molecule has 0 saturated carbocycles. The van der Waals surface area contributed by atoms with Crippen LogP contribution in [0.3, 0.4) is 0 Å². The molecule has 1 aromatic rings. The van der Waals surface area contributed by atoms with E-state index in [1.807, 2.05) is 6.92 Å². The maximum atomic E-state index is 11.5. The zero-order chi connectivity index (χ0) is 14.4. The van der Waals surface area contributed by atoms with E-state index >= 15 is 0 Å². The van der Waals surface area contributed by atoms with Crippen LogP contribution in [-0.2, 0) is 11.3 Å². The third-order valence-corrected chi connectivity index (χ3v) is 3.68. The first-order valence-corrected chi connectivity index (χ1v) is 6.83. The van der Waals surface area contributed by atoms with Crippen molar-refractivity contribution >= 4 is 47.2 Å². The van der Waals surface area contributed by atoms with Crippen molar-refractivity contribution in [3.8, 4) is 0 Å². The third kappa shape index (κ3) is 6.04. The van der Waals surface area contributed by atoms with Crippen molar-refractivity contribution in [1.82, 2.24) is 20.5 Å². The van der Waals surface area contributed by atoms with Crippen molar-refractivity contribution in [3.05, 3.63) is 15.6 Å². The van der Waals surface area contributed by atoms with Gasteiger partial charge in [-0.15, -0.1) is 35.3 Å². The van der Waals surface area contributed by atoms with Gasteiger partial charge < -0.3 is 15.5 Å². The monoisotopic (exact) mass is 411 g/mol. The van der Waals surface area contributed by atoms with E-state index in [4.69, 9.17) is 0 Å². The van der Waals surface area contributed by atoms with Crippen molar-refractivity contribution in [2.75, 3.05) is 27.7 Å². The maximum absolute atomic E-state index is 11.5. The SMILES string of the molecule is CN=C(NCC(=O)N(C)C)NCc1nc(C)c(C)s1.I. The van der Waals surface area contributed by atoms with Gasteiger partial charge in [0.05, 0.1) is 18.8 Å². The van der Waals surface area contributed by atoms with Crippen LogP contribution in [0.4, 0.5) is 0 Å². The van der Waals surface area contributed by atoms with Gasteiger partial charge in [0.25, 0.3) is 0 Å². The number of nitrogens with one attached hydrogen (secondary N) is 2. The Bertz CT molecular complexity index is 453. The fraction of sp³-hybridized carbons (Fsp3) is 0.583. The second-order valence-electron chi connectivity index (χ2n) is 4.32. The second-order valence-corrected chi connectivity index (χ2v) is 5.60. The minimum absolute atomic E-state index is 0. The van der Waals surface area contributed by atoms with E-state index in [0.717, 1.165) is 10.7 Å². The molecule has 2 N–H and O–H groups in total. The quantitative estimate of drug-likeness (QED) is 0.443. The van der Waals surface area contributed by atoms with Crippen molar-refractivity contribution in [3.63, 3.8) is 0 Å². The van der Waals surface area contributed by atoms with Crippen molar-refractivity contribution in [2.45, 2.75) is 20.4 Å². The van der Waals surface area contributed by atoms with Gasteiger partial charge in [-0.2, -0.15) is 0 Å². The largest absolute Gasteiger partial charge is 0.350 e. The molecule has 0 fully saturated rings. The summed E-state index contributed by atoms with van der Waals surface area (Å²) in [4.78, 5) is 22.7. The number of rotatable bonds is 4. The fourth-order valence-electron chi connectivity index (χ4n) is 1.31. The van der Waals surface area contributed by atoms with Gasteiger partial charge in [-0.3, -0.25) is 9.79 Å². The first kappa shape index (κ1) is 19.1. The number of halogens is 1. The van der Waals surface area contributed by atoms with Crippen LogP contribution in [0.1, 0.15) is 15.6 Å². The molecular formula is C12H22IN5OS. The number of carbonyl (C=O) groups excluding carboxylic acids is 1. The molecule has 0 radical (unpaired) electrons. The average Bonchev–Trinajstić information content (AvgIpc) is 2.68. The van der Waals surface area contributed by atoms with Crippen LogP contribution in [0, 0.1) is 13.8 Å². The van der Waals surface area contributed by atoms with E-state index < -0.39 is 0 Å². The predicted molar refractivity (Wildman–Crippen MR) is 93.9 cm³/mol. The van der Waals surface area contributed by atoms with Gasteiger partial charge >= 0.3 is 0 Å². The number of nitrogens with zero attached hydrogens (tertiary/aromatic N) is 3. The normalized spacial score (nSPS) is 10.8. The van der Waals surface area contributed by atoms with Crippen LogP contribution in [0.25, 0.3) is 0 Å². The summed E-state index contributed by atoms with van der Waals surface area (Å²) in [5.74, 6) is 0.601. The topological polar surface area (TPSA) is 69.6 Å². The number of thiazole rings is 1. The molecule has 0 unspecified atom stereocenters. The lowest BCUT2D eigenvalue weighted by Gasteiger charge is -2.13. The van der Waals surface area contributed by atoms with Crippen LogP contribution in [0.15, 0.2) is 4.99 Å². The fourth-order valence-corrected chi connectivity index (χ4v) is 2.19. The van der Waals surface area contributed by atoms with Crippen LogP contribution in [0.5, 0.6) is 0 Å². The zero-order valence-corrected chi connectivity index (χ0v) is 15.6. The number of hydrogen-bond donors (Lipinski definition) is 2. The Hall–Kier alpha value is -0.900. The lowest BCUT2D eigenvalue weighted by molar-refractivity contribution is -0.127. The Morgan fingerprint density at radius 2 is 2.00 bits per heavy atom. The van der Waals surface area contributed by atoms with Gasteiger partial charge in [0.2, 0.25) is 5.91 Å². The summed E-state index contributed by atoms with van der Waals surface area (Å²) in [7, 11) is 5.12. The first-order valence-electron chi connectivity index (χ1n) is 6.01. The summed E-state index contributed by atoms with van der Waals surface area (Å²) in [5.41, 5.74) is 1.06. The highest BCUT2D eigenvalue weighted by Gasteiger charge is 2.07. The van der Waals surface area contributed by atoms with Gasteiger partial charge in [0.15, 0.2) is 5.96 Å². The molecule has 0 aliphatic rings. The minimum atomic E-state index is 0. The number of amides is 1. The lowest BCUT2D eigenvalue weighted by Crippen LogP contribution is -2.42. The standard InChI is InChI=1S/C12H21N5OS.HI/c1-8-9(2)19-10(16-8)6-14-12(13-3)15-7-11(18)17(4)5;/h6-7H2,1-5H3,(H2,13,14,15);1H. The van der Waals surface area contributed by atoms with E-state index in [9.17, 15) is 4.79 Å². The molecule has 0 aliphatic heterocycles. The smallest absolute Gasteiger partial charge is 0.241 e. The van der Waals surface area contributed by atoms with E-state index in [0.29, 0.717) is 12.5 Å². The molecule has 114 valence electrons. The molecule has 0 bridgehead atoms.